The second-order valence-electron chi connectivity index (χ2n) is 5.88. The van der Waals surface area contributed by atoms with E-state index in [0.717, 1.165) is 9.87 Å². The van der Waals surface area contributed by atoms with E-state index in [1.165, 1.54) is 12.3 Å². The smallest absolute Gasteiger partial charge is 0.280 e. The monoisotopic (exact) mass is 377 g/mol. The van der Waals surface area contributed by atoms with Gasteiger partial charge >= 0.3 is 0 Å². The van der Waals surface area contributed by atoms with Crippen LogP contribution < -0.4 is 10.0 Å². The summed E-state index contributed by atoms with van der Waals surface area (Å²) in [5.41, 5.74) is 1.02. The number of benzene rings is 1. The van der Waals surface area contributed by atoms with Crippen LogP contribution in [0.15, 0.2) is 42.6 Å². The number of ketones is 1. The summed E-state index contributed by atoms with van der Waals surface area (Å²) >= 11 is 0. The minimum absolute atomic E-state index is 0.150. The normalized spacial score (nSPS) is 16.8. The van der Waals surface area contributed by atoms with Crippen LogP contribution in [0, 0.1) is 0 Å². The molecule has 1 fully saturated rings. The maximum absolute atomic E-state index is 12.7. The number of nitrogens with zero attached hydrogens (tertiary/aromatic N) is 2. The molecule has 0 bridgehead atoms. The summed E-state index contributed by atoms with van der Waals surface area (Å²) in [5, 5.41) is 8.88. The summed E-state index contributed by atoms with van der Waals surface area (Å²) in [7, 11) is -4.00. The number of aromatic amines is 1. The number of piperazine rings is 1. The zero-order valence-corrected chi connectivity index (χ0v) is 14.7. The van der Waals surface area contributed by atoms with Gasteiger partial charge in [-0.2, -0.15) is 22.5 Å². The number of carbonyl (C=O) groups is 2. The maximum Gasteiger partial charge on any atom is 0.280 e. The molecule has 3 N–H and O–H groups in total. The molecule has 0 saturated carbocycles. The highest BCUT2D eigenvalue weighted by molar-refractivity contribution is 7.87. The van der Waals surface area contributed by atoms with Crippen LogP contribution in [0.3, 0.4) is 0 Å². The predicted molar refractivity (Wildman–Crippen MR) is 93.5 cm³/mol. The van der Waals surface area contributed by atoms with Gasteiger partial charge in [0.25, 0.3) is 10.2 Å². The van der Waals surface area contributed by atoms with Crippen molar-refractivity contribution < 1.29 is 18.0 Å². The number of nitrogens with one attached hydrogen (secondary N) is 3. The van der Waals surface area contributed by atoms with E-state index >= 15 is 0 Å². The Morgan fingerprint density at radius 2 is 2.04 bits per heavy atom. The fourth-order valence-electron chi connectivity index (χ4n) is 2.69. The first kappa shape index (κ1) is 18.2. The van der Waals surface area contributed by atoms with E-state index in [2.05, 4.69) is 20.2 Å². The van der Waals surface area contributed by atoms with E-state index in [1.54, 1.807) is 0 Å². The van der Waals surface area contributed by atoms with E-state index in [4.69, 9.17) is 0 Å². The Kier molecular flexibility index (Phi) is 5.45. The maximum atomic E-state index is 12.7. The predicted octanol–water partition coefficient (Wildman–Crippen LogP) is -0.530. The summed E-state index contributed by atoms with van der Waals surface area (Å²) in [6, 6.07) is 9.57. The highest BCUT2D eigenvalue weighted by Gasteiger charge is 2.32. The van der Waals surface area contributed by atoms with E-state index in [1.807, 2.05) is 30.3 Å². The molecule has 9 nitrogen and oxygen atoms in total. The van der Waals surface area contributed by atoms with Gasteiger partial charge < -0.3 is 5.32 Å². The fourth-order valence-corrected chi connectivity index (χ4v) is 4.01. The average molecular weight is 377 g/mol. The van der Waals surface area contributed by atoms with Crippen molar-refractivity contribution >= 4 is 21.9 Å². The summed E-state index contributed by atoms with van der Waals surface area (Å²) in [4.78, 5) is 24.2. The third-order valence-corrected chi connectivity index (χ3v) is 5.57. The van der Waals surface area contributed by atoms with Crippen molar-refractivity contribution in [1.82, 2.24) is 24.5 Å². The Morgan fingerprint density at radius 3 is 2.69 bits per heavy atom. The van der Waals surface area contributed by atoms with Crippen molar-refractivity contribution in [3.63, 3.8) is 0 Å². The number of hydrogen-bond donors (Lipinski definition) is 3. The van der Waals surface area contributed by atoms with E-state index in [0.29, 0.717) is 0 Å². The lowest BCUT2D eigenvalue weighted by molar-refractivity contribution is -0.122. The second-order valence-corrected chi connectivity index (χ2v) is 7.59. The lowest BCUT2D eigenvalue weighted by atomic mass is 10.0. The fraction of sp³-hybridized carbons (Fsp3) is 0.312. The summed E-state index contributed by atoms with van der Waals surface area (Å²) in [6.45, 7) is 0.112. The van der Waals surface area contributed by atoms with Crippen LogP contribution in [0.25, 0.3) is 0 Å². The Balaban J connectivity index is 1.82. The number of carbonyl (C=O) groups excluding carboxylic acids is 2. The number of H-pyrrole nitrogens is 1. The van der Waals surface area contributed by atoms with Gasteiger partial charge in [0.2, 0.25) is 5.91 Å². The molecule has 0 aliphatic carbocycles. The summed E-state index contributed by atoms with van der Waals surface area (Å²) in [6.07, 6.45) is 1.61. The molecule has 1 saturated heterocycles. The van der Waals surface area contributed by atoms with Gasteiger partial charge in [0, 0.05) is 19.3 Å². The van der Waals surface area contributed by atoms with Crippen molar-refractivity contribution in [2.75, 3.05) is 19.6 Å². The molecule has 10 heteroatoms. The second kappa shape index (κ2) is 7.77. The van der Waals surface area contributed by atoms with Crippen molar-refractivity contribution in [2.45, 2.75) is 12.5 Å². The number of hydrogen-bond acceptors (Lipinski definition) is 5. The Hall–Kier alpha value is -2.56. The molecule has 2 heterocycles. The average Bonchev–Trinajstić information content (AvgIpc) is 3.16. The van der Waals surface area contributed by atoms with Crippen molar-refractivity contribution in [1.29, 1.82) is 0 Å². The standard InChI is InChI=1S/C16H19N5O4S/c22-15-11-21(9-8-17-15)26(24,25)20-14(10-12-4-2-1-3-5-12)16(23)13-6-7-18-19-13/h1-7,14,20H,8-11H2,(H,17,22)(H,18,19)/t14-/m0/s1. The summed E-state index contributed by atoms with van der Waals surface area (Å²) < 4.78 is 28.8. The lowest BCUT2D eigenvalue weighted by Crippen LogP contribution is -2.56. The first-order valence-electron chi connectivity index (χ1n) is 8.07. The molecule has 138 valence electrons. The Morgan fingerprint density at radius 1 is 1.27 bits per heavy atom. The van der Waals surface area contributed by atoms with Crippen molar-refractivity contribution in [2.24, 2.45) is 0 Å². The molecule has 0 radical (unpaired) electrons. The molecule has 1 aromatic carbocycles. The van der Waals surface area contributed by atoms with E-state index in [-0.39, 0.29) is 37.7 Å². The highest BCUT2D eigenvalue weighted by Crippen LogP contribution is 2.11. The summed E-state index contributed by atoms with van der Waals surface area (Å²) in [5.74, 6) is -0.794. The van der Waals surface area contributed by atoms with Gasteiger partial charge in [-0.1, -0.05) is 30.3 Å². The topological polar surface area (TPSA) is 124 Å². The largest absolute Gasteiger partial charge is 0.354 e. The van der Waals surface area contributed by atoms with Crippen LogP contribution in [0.4, 0.5) is 0 Å². The molecule has 0 spiro atoms. The van der Waals surface area contributed by atoms with Crippen molar-refractivity contribution in [3.05, 3.63) is 53.9 Å². The Labute approximate surface area is 151 Å². The lowest BCUT2D eigenvalue weighted by Gasteiger charge is -2.28. The van der Waals surface area contributed by atoms with Gasteiger partial charge in [-0.25, -0.2) is 0 Å². The van der Waals surface area contributed by atoms with Gasteiger partial charge in [-0.3, -0.25) is 14.7 Å². The zero-order chi connectivity index (χ0) is 18.6. The van der Waals surface area contributed by atoms with Crippen LogP contribution >= 0.6 is 0 Å². The minimum Gasteiger partial charge on any atom is -0.354 e. The number of rotatable bonds is 7. The minimum atomic E-state index is -4.00. The van der Waals surface area contributed by atoms with Crippen LogP contribution in [-0.4, -0.2) is 60.3 Å². The molecule has 0 unspecified atom stereocenters. The number of Topliss-reactive ketones (excluding diaryl/α,β-unsaturated/α-hetero) is 1. The zero-order valence-electron chi connectivity index (χ0n) is 13.9. The van der Waals surface area contributed by atoms with E-state index in [9.17, 15) is 18.0 Å². The van der Waals surface area contributed by atoms with Gasteiger partial charge in [-0.05, 0) is 18.1 Å². The quantitative estimate of drug-likeness (QED) is 0.560. The number of amides is 1. The highest BCUT2D eigenvalue weighted by atomic mass is 32.2. The van der Waals surface area contributed by atoms with Crippen LogP contribution in [0.1, 0.15) is 16.1 Å². The van der Waals surface area contributed by atoms with Gasteiger partial charge in [0.15, 0.2) is 5.78 Å². The van der Waals surface area contributed by atoms with Crippen molar-refractivity contribution in [3.8, 4) is 0 Å². The molecule has 1 aliphatic rings. The van der Waals surface area contributed by atoms with Crippen LogP contribution in [0.2, 0.25) is 0 Å². The molecular formula is C16H19N5O4S. The van der Waals surface area contributed by atoms with Crippen LogP contribution in [0.5, 0.6) is 0 Å². The molecular weight excluding hydrogens is 358 g/mol. The Bertz CT molecular complexity index is 867. The molecule has 2 aromatic rings. The van der Waals surface area contributed by atoms with Gasteiger partial charge in [0.05, 0.1) is 12.6 Å². The van der Waals surface area contributed by atoms with Gasteiger partial charge in [0.1, 0.15) is 5.69 Å². The third-order valence-electron chi connectivity index (χ3n) is 4.00. The molecule has 3 rings (SSSR count). The molecule has 1 atom stereocenters. The van der Waals surface area contributed by atoms with E-state index < -0.39 is 22.0 Å². The number of aromatic nitrogens is 2. The molecule has 26 heavy (non-hydrogen) atoms. The third kappa shape index (κ3) is 4.34. The van der Waals surface area contributed by atoms with Crippen LogP contribution in [-0.2, 0) is 21.4 Å². The molecule has 1 amide bonds. The SMILES string of the molecule is O=C1CN(S(=O)(=O)N[C@@H](Cc2ccccc2)C(=O)c2ccn[nH]2)CCN1. The molecule has 1 aliphatic heterocycles. The first-order valence-corrected chi connectivity index (χ1v) is 9.51. The first-order chi connectivity index (χ1) is 12.5. The van der Waals surface area contributed by atoms with Gasteiger partial charge in [-0.15, -0.1) is 0 Å². The molecule has 1 aromatic heterocycles.